The van der Waals surface area contributed by atoms with Crippen LogP contribution in [-0.4, -0.2) is 100 Å². The Morgan fingerprint density at radius 1 is 1.00 bits per heavy atom. The fourth-order valence-corrected chi connectivity index (χ4v) is 10.8. The van der Waals surface area contributed by atoms with Crippen LogP contribution in [0.1, 0.15) is 81.4 Å². The van der Waals surface area contributed by atoms with E-state index in [1.807, 2.05) is 12.1 Å². The van der Waals surface area contributed by atoms with Gasteiger partial charge >= 0.3 is 16.2 Å². The number of anilines is 4. The van der Waals surface area contributed by atoms with Gasteiger partial charge in [-0.2, -0.15) is 23.1 Å². The molecule has 1 atom stereocenters. The molecule has 5 heterocycles. The van der Waals surface area contributed by atoms with Gasteiger partial charge in [0.25, 0.3) is 5.56 Å². The summed E-state index contributed by atoms with van der Waals surface area (Å²) < 4.78 is 69.6. The second-order valence-corrected chi connectivity index (χ2v) is 19.1. The van der Waals surface area contributed by atoms with Crippen LogP contribution >= 0.6 is 0 Å². The van der Waals surface area contributed by atoms with Crippen LogP contribution in [0.25, 0.3) is 21.8 Å². The summed E-state index contributed by atoms with van der Waals surface area (Å²) in [5, 5.41) is 20.5. The first-order valence-corrected chi connectivity index (χ1v) is 23.0. The van der Waals surface area contributed by atoms with Crippen molar-refractivity contribution in [2.45, 2.75) is 81.9 Å². The number of amides is 3. The third-order valence-electron chi connectivity index (χ3n) is 13.6. The van der Waals surface area contributed by atoms with Crippen LogP contribution in [0.3, 0.4) is 0 Å². The van der Waals surface area contributed by atoms with Crippen molar-refractivity contribution in [3.05, 3.63) is 81.9 Å². The van der Waals surface area contributed by atoms with Crippen LogP contribution < -0.4 is 25.8 Å². The molecule has 1 aliphatic carbocycles. The van der Waals surface area contributed by atoms with E-state index in [9.17, 15) is 28.1 Å². The van der Waals surface area contributed by atoms with Crippen molar-refractivity contribution in [1.29, 1.82) is 5.26 Å². The number of hydrogen-bond acceptors (Lipinski definition) is 11. The number of aryl methyl sites for hydroxylation is 1. The van der Waals surface area contributed by atoms with Gasteiger partial charge in [-0.25, -0.2) is 18.6 Å². The Hall–Kier alpha value is -6.01. The van der Waals surface area contributed by atoms with Crippen LogP contribution in [0, 0.1) is 23.0 Å². The van der Waals surface area contributed by atoms with Gasteiger partial charge in [0.2, 0.25) is 5.91 Å². The Balaban J connectivity index is 0.834. The number of nitriles is 1. The number of rotatable bonds is 10. The number of nitrogens with one attached hydrogen (secondary N) is 3. The standard InChI is InChI=1S/C44H49F2N11O6S/c1-4-53(2)64(61,62)52-37-12-10-34(45)40(33(37)23-47)49-27-7-11-36-31(19-27)42(59)57(25-48-36)29-22-44(63-24-29)14-17-55(18-15-44)28-8-5-26(6-9-28)30-21-38-32(20-35(30)46)41(51-54(38)3)56-16-13-39(58)50-43(56)60/h7,10-12,19-21,25-26,28-29,49,52H,4-6,8-9,13-18,22,24H2,1-3H3,(H,50,58,60)/t26?,28?,29-/m1/s1. The quantitative estimate of drug-likeness (QED) is 0.154. The number of nitrogens with zero attached hydrogens (tertiary/aromatic N) is 8. The SMILES string of the molecule is CCN(C)S(=O)(=O)Nc1ccc(F)c(Nc2ccc3ncn([C@H]4COC5(CCN(C6CCC(c7cc8c(cc7F)c(N7CCC(=O)NC7=O)nn8C)CC6)CC5)C4)c(=O)c3c2)c1C#N. The minimum absolute atomic E-state index is 0.0503. The fraction of sp³-hybridized carbons (Fsp3) is 0.455. The smallest absolute Gasteiger partial charge is 0.329 e. The molecule has 1 spiro atoms. The Morgan fingerprint density at radius 2 is 1.77 bits per heavy atom. The number of imide groups is 1. The fourth-order valence-electron chi connectivity index (χ4n) is 9.85. The monoisotopic (exact) mass is 897 g/mol. The molecule has 20 heteroatoms. The minimum atomic E-state index is -4.00. The Labute approximate surface area is 368 Å². The summed E-state index contributed by atoms with van der Waals surface area (Å²) in [7, 11) is -0.847. The van der Waals surface area contributed by atoms with E-state index in [1.54, 1.807) is 47.7 Å². The molecule has 2 aromatic heterocycles. The predicted octanol–water partition coefficient (Wildman–Crippen LogP) is 5.75. The molecule has 0 unspecified atom stereocenters. The average molecular weight is 898 g/mol. The van der Waals surface area contributed by atoms with E-state index in [0.29, 0.717) is 47.0 Å². The number of likely N-dealkylation sites (tertiary alicyclic amines) is 1. The Kier molecular flexibility index (Phi) is 11.4. The lowest BCUT2D eigenvalue weighted by Crippen LogP contribution is -2.49. The van der Waals surface area contributed by atoms with Crippen LogP contribution in [-0.2, 0) is 26.8 Å². The van der Waals surface area contributed by atoms with Crippen molar-refractivity contribution in [3.63, 3.8) is 0 Å². The maximum atomic E-state index is 15.8. The predicted molar refractivity (Wildman–Crippen MR) is 236 cm³/mol. The van der Waals surface area contributed by atoms with Gasteiger partial charge in [0.15, 0.2) is 5.82 Å². The highest BCUT2D eigenvalue weighted by molar-refractivity contribution is 7.90. The van der Waals surface area contributed by atoms with Gasteiger partial charge in [0, 0.05) is 63.8 Å². The van der Waals surface area contributed by atoms with Crippen LogP contribution in [0.4, 0.5) is 36.5 Å². The second kappa shape index (κ2) is 16.8. The number of halogens is 2. The molecular weight excluding hydrogens is 849 g/mol. The molecule has 4 fully saturated rings. The summed E-state index contributed by atoms with van der Waals surface area (Å²) in [6.07, 6.45) is 7.48. The van der Waals surface area contributed by atoms with E-state index in [4.69, 9.17) is 4.74 Å². The van der Waals surface area contributed by atoms with Crippen molar-refractivity contribution < 1.29 is 31.5 Å². The minimum Gasteiger partial charge on any atom is -0.373 e. The molecule has 3 aliphatic heterocycles. The molecule has 9 rings (SSSR count). The number of hydrogen-bond donors (Lipinski definition) is 3. The molecular formula is C44H49F2N11O6S. The number of urea groups is 1. The van der Waals surface area contributed by atoms with Gasteiger partial charge < -0.3 is 15.0 Å². The van der Waals surface area contributed by atoms with Gasteiger partial charge in [-0.1, -0.05) is 6.92 Å². The highest BCUT2D eigenvalue weighted by Gasteiger charge is 2.45. The molecule has 17 nitrogen and oxygen atoms in total. The number of fused-ring (bicyclic) bond motifs is 2. The van der Waals surface area contributed by atoms with Crippen LogP contribution in [0.5, 0.6) is 0 Å². The Morgan fingerprint density at radius 3 is 2.48 bits per heavy atom. The number of carbonyl (C=O) groups is 2. The van der Waals surface area contributed by atoms with Crippen molar-refractivity contribution in [3.8, 4) is 6.07 Å². The van der Waals surface area contributed by atoms with Crippen LogP contribution in [0.2, 0.25) is 0 Å². The number of benzene rings is 3. The van der Waals surface area contributed by atoms with E-state index in [2.05, 4.69) is 30.3 Å². The largest absolute Gasteiger partial charge is 0.373 e. The van der Waals surface area contributed by atoms with Gasteiger partial charge in [0.1, 0.15) is 23.3 Å². The van der Waals surface area contributed by atoms with Gasteiger partial charge in [-0.3, -0.25) is 33.8 Å². The summed E-state index contributed by atoms with van der Waals surface area (Å²) in [6, 6.07) is 11.8. The number of piperidine rings is 1. The molecule has 3 N–H and O–H groups in total. The summed E-state index contributed by atoms with van der Waals surface area (Å²) >= 11 is 0. The molecule has 1 saturated carbocycles. The molecule has 0 bridgehead atoms. The molecule has 4 aliphatic rings. The zero-order valence-electron chi connectivity index (χ0n) is 35.7. The zero-order valence-corrected chi connectivity index (χ0v) is 36.6. The highest BCUT2D eigenvalue weighted by Crippen LogP contribution is 2.44. The lowest BCUT2D eigenvalue weighted by atomic mass is 9.79. The molecule has 3 aromatic carbocycles. The third kappa shape index (κ3) is 7.94. The zero-order chi connectivity index (χ0) is 45.1. The average Bonchev–Trinajstić information content (AvgIpc) is 3.84. The first-order chi connectivity index (χ1) is 30.7. The maximum Gasteiger partial charge on any atom is 0.329 e. The normalized spacial score (nSPS) is 21.8. The first kappa shape index (κ1) is 43.3. The summed E-state index contributed by atoms with van der Waals surface area (Å²) in [6.45, 7) is 4.05. The summed E-state index contributed by atoms with van der Waals surface area (Å²) in [4.78, 5) is 46.7. The Bertz CT molecular complexity index is 2900. The van der Waals surface area contributed by atoms with Gasteiger partial charge in [-0.05, 0) is 98.9 Å². The van der Waals surface area contributed by atoms with Crippen molar-refractivity contribution >= 4 is 66.8 Å². The molecule has 5 aromatic rings. The molecule has 3 amide bonds. The number of ether oxygens (including phenoxy) is 1. The number of aromatic nitrogens is 4. The molecule has 0 radical (unpaired) electrons. The van der Waals surface area contributed by atoms with Crippen LogP contribution in [0.15, 0.2) is 53.6 Å². The lowest BCUT2D eigenvalue weighted by Gasteiger charge is -2.44. The molecule has 64 heavy (non-hydrogen) atoms. The van der Waals surface area contributed by atoms with E-state index in [-0.39, 0.29) is 76.7 Å². The van der Waals surface area contributed by atoms with E-state index in [0.717, 1.165) is 67.5 Å². The number of carbonyl (C=O) groups excluding carboxylic acids is 2. The van der Waals surface area contributed by atoms with E-state index >= 15 is 8.78 Å². The maximum absolute atomic E-state index is 15.8. The van der Waals surface area contributed by atoms with Crippen molar-refractivity contribution in [2.24, 2.45) is 7.05 Å². The second-order valence-electron chi connectivity index (χ2n) is 17.3. The summed E-state index contributed by atoms with van der Waals surface area (Å²) in [5.41, 5.74) is 0.874. The lowest BCUT2D eigenvalue weighted by molar-refractivity contribution is -0.120. The third-order valence-corrected chi connectivity index (χ3v) is 15.2. The summed E-state index contributed by atoms with van der Waals surface area (Å²) in [5.74, 6) is -1.06. The highest BCUT2D eigenvalue weighted by atomic mass is 32.2. The topological polar surface area (TPSA) is 200 Å². The first-order valence-electron chi connectivity index (χ1n) is 21.6. The van der Waals surface area contributed by atoms with E-state index in [1.165, 1.54) is 24.1 Å². The van der Waals surface area contributed by atoms with Crippen molar-refractivity contribution in [1.82, 2.24) is 33.9 Å². The van der Waals surface area contributed by atoms with Gasteiger partial charge in [0.05, 0.1) is 52.4 Å². The molecule has 3 saturated heterocycles. The van der Waals surface area contributed by atoms with Gasteiger partial charge in [-0.15, -0.1) is 0 Å². The van der Waals surface area contributed by atoms with E-state index < -0.39 is 22.1 Å². The molecule has 336 valence electrons. The van der Waals surface area contributed by atoms with Crippen molar-refractivity contribution in [2.75, 3.05) is 54.8 Å².